The minimum Gasteiger partial charge on any atom is -0.493 e. The predicted molar refractivity (Wildman–Crippen MR) is 163 cm³/mol. The van der Waals surface area contributed by atoms with Crippen LogP contribution in [-0.4, -0.2) is 47.4 Å². The zero-order valence-corrected chi connectivity index (χ0v) is 23.8. The van der Waals surface area contributed by atoms with Crippen LogP contribution in [0, 0.1) is 5.82 Å². The Kier molecular flexibility index (Phi) is 7.69. The van der Waals surface area contributed by atoms with Crippen LogP contribution in [0.3, 0.4) is 0 Å². The molecule has 1 atom stereocenters. The highest BCUT2D eigenvalue weighted by molar-refractivity contribution is 6.07. The molecule has 0 amide bonds. The maximum absolute atomic E-state index is 15.6. The van der Waals surface area contributed by atoms with E-state index in [4.69, 9.17) is 9.47 Å². The zero-order chi connectivity index (χ0) is 30.1. The third kappa shape index (κ3) is 5.37. The number of halogens is 1. The summed E-state index contributed by atoms with van der Waals surface area (Å²) in [5.41, 5.74) is 2.18. The molecule has 220 valence electrons. The van der Waals surface area contributed by atoms with Gasteiger partial charge in [0.15, 0.2) is 11.5 Å². The number of carboxylic acids is 1. The fourth-order valence-corrected chi connectivity index (χ4v) is 5.67. The molecular weight excluding hydrogens is 551 g/mol. The Morgan fingerprint density at radius 3 is 2.70 bits per heavy atom. The molecule has 1 fully saturated rings. The van der Waals surface area contributed by atoms with Crippen LogP contribution >= 0.6 is 0 Å². The zero-order valence-electron chi connectivity index (χ0n) is 23.8. The second-order valence-electron chi connectivity index (χ2n) is 10.4. The highest BCUT2D eigenvalue weighted by Gasteiger charge is 2.25. The van der Waals surface area contributed by atoms with Gasteiger partial charge in [0.1, 0.15) is 18.0 Å². The Bertz CT molecular complexity index is 1890. The number of nitrogens with zero attached hydrogens (tertiary/aromatic N) is 3. The largest absolute Gasteiger partial charge is 0.493 e. The Labute approximate surface area is 247 Å². The van der Waals surface area contributed by atoms with Crippen molar-refractivity contribution >= 4 is 33.5 Å². The Morgan fingerprint density at radius 1 is 1.14 bits per heavy atom. The van der Waals surface area contributed by atoms with Gasteiger partial charge >= 0.3 is 5.97 Å². The van der Waals surface area contributed by atoms with Crippen LogP contribution in [0.25, 0.3) is 21.8 Å². The molecule has 3 heterocycles. The molecule has 1 aliphatic heterocycles. The van der Waals surface area contributed by atoms with Crippen molar-refractivity contribution in [2.24, 2.45) is 0 Å². The van der Waals surface area contributed by atoms with Crippen LogP contribution in [0.2, 0.25) is 0 Å². The number of anilines is 1. The third-order valence-electron chi connectivity index (χ3n) is 7.90. The normalized spacial score (nSPS) is 15.1. The third-order valence-corrected chi connectivity index (χ3v) is 7.90. The Hall–Kier alpha value is -4.96. The van der Waals surface area contributed by atoms with Crippen molar-refractivity contribution in [2.75, 3.05) is 31.6 Å². The molecule has 1 saturated heterocycles. The first-order chi connectivity index (χ1) is 20.9. The summed E-state index contributed by atoms with van der Waals surface area (Å²) in [6, 6.07) is 18.5. The fraction of sp³-hybridized carbons (Fsp3) is 0.242. The highest BCUT2D eigenvalue weighted by atomic mass is 19.1. The molecule has 9 nitrogen and oxygen atoms in total. The van der Waals surface area contributed by atoms with Gasteiger partial charge in [-0.05, 0) is 36.2 Å². The van der Waals surface area contributed by atoms with Crippen LogP contribution in [0.4, 0.5) is 10.1 Å². The van der Waals surface area contributed by atoms with Crippen molar-refractivity contribution in [3.8, 4) is 11.5 Å². The molecule has 0 bridgehead atoms. The maximum Gasteiger partial charge on any atom is 0.341 e. The van der Waals surface area contributed by atoms with Gasteiger partial charge in [0.05, 0.1) is 35.4 Å². The summed E-state index contributed by atoms with van der Waals surface area (Å²) in [5, 5.41) is 13.8. The average Bonchev–Trinajstić information content (AvgIpc) is 3.03. The predicted octanol–water partition coefficient (Wildman–Crippen LogP) is 5.15. The molecule has 6 rings (SSSR count). The van der Waals surface area contributed by atoms with E-state index in [-0.39, 0.29) is 17.0 Å². The van der Waals surface area contributed by atoms with Gasteiger partial charge in [-0.1, -0.05) is 36.4 Å². The Balaban J connectivity index is 1.33. The number of aromatic nitrogens is 2. The van der Waals surface area contributed by atoms with E-state index >= 15 is 4.39 Å². The molecular formula is C33H31FN4O5. The highest BCUT2D eigenvalue weighted by Crippen LogP contribution is 2.34. The summed E-state index contributed by atoms with van der Waals surface area (Å²) in [6.07, 6.45) is 2.83. The average molecular weight is 583 g/mol. The van der Waals surface area contributed by atoms with Gasteiger partial charge in [-0.15, -0.1) is 0 Å². The Morgan fingerprint density at radius 2 is 1.95 bits per heavy atom. The van der Waals surface area contributed by atoms with Gasteiger partial charge in [0, 0.05) is 49.9 Å². The second-order valence-corrected chi connectivity index (χ2v) is 10.4. The first-order valence-corrected chi connectivity index (χ1v) is 14.1. The number of aryl methyl sites for hydroxylation is 1. The quantitative estimate of drug-likeness (QED) is 0.242. The van der Waals surface area contributed by atoms with Crippen molar-refractivity contribution in [1.29, 1.82) is 0 Å². The molecule has 43 heavy (non-hydrogen) atoms. The van der Waals surface area contributed by atoms with Gasteiger partial charge < -0.3 is 29.4 Å². The first-order valence-electron chi connectivity index (χ1n) is 14.1. The van der Waals surface area contributed by atoms with Gasteiger partial charge in [-0.3, -0.25) is 9.78 Å². The lowest BCUT2D eigenvalue weighted by Gasteiger charge is -2.36. The van der Waals surface area contributed by atoms with Crippen LogP contribution < -0.4 is 25.1 Å². The number of rotatable bonds is 8. The summed E-state index contributed by atoms with van der Waals surface area (Å²) < 4.78 is 28.9. The summed E-state index contributed by atoms with van der Waals surface area (Å²) >= 11 is 0. The molecule has 10 heteroatoms. The van der Waals surface area contributed by atoms with E-state index in [9.17, 15) is 14.7 Å². The number of carbonyl (C=O) groups is 1. The lowest BCUT2D eigenvalue weighted by atomic mass is 10.0. The van der Waals surface area contributed by atoms with E-state index in [1.54, 1.807) is 17.7 Å². The molecule has 0 aliphatic carbocycles. The number of hydrogen-bond donors (Lipinski definition) is 2. The van der Waals surface area contributed by atoms with Crippen molar-refractivity contribution in [1.82, 2.24) is 14.9 Å². The van der Waals surface area contributed by atoms with Crippen molar-refractivity contribution in [3.05, 3.63) is 106 Å². The van der Waals surface area contributed by atoms with Gasteiger partial charge in [-0.2, -0.15) is 0 Å². The molecule has 0 radical (unpaired) electrons. The summed E-state index contributed by atoms with van der Waals surface area (Å²) in [6.45, 7) is 4.29. The number of benzene rings is 3. The standard InChI is InChI=1S/C33H31FN4O5/c1-3-37-17-23(33(40)41)32(39)31-22-14-27(24(34)15-25(22)36-16-28(31)37)38-12-11-35-26(18-38)21-9-10-29(30(13-21)42-2)43-19-20-7-5-4-6-8-20/h4-10,13-17,26,35H,3,11-12,18-19H2,1-2H3,(H,40,41). The van der Waals surface area contributed by atoms with E-state index in [1.807, 2.05) is 60.4 Å². The number of methoxy groups -OCH3 is 1. The topological polar surface area (TPSA) is 106 Å². The number of carboxylic acid groups (broad SMARTS) is 1. The molecule has 0 saturated carbocycles. The number of nitrogens with one attached hydrogen (secondary N) is 1. The van der Waals surface area contributed by atoms with Crippen LogP contribution in [0.5, 0.6) is 11.5 Å². The molecule has 2 aromatic heterocycles. The van der Waals surface area contributed by atoms with E-state index in [0.717, 1.165) is 11.1 Å². The van der Waals surface area contributed by atoms with E-state index in [1.165, 1.54) is 18.5 Å². The van der Waals surface area contributed by atoms with Gasteiger partial charge in [0.2, 0.25) is 5.43 Å². The van der Waals surface area contributed by atoms with Gasteiger partial charge in [0.25, 0.3) is 0 Å². The number of ether oxygens (including phenoxy) is 2. The minimum atomic E-state index is -1.31. The molecule has 1 aliphatic rings. The lowest BCUT2D eigenvalue weighted by Crippen LogP contribution is -2.46. The summed E-state index contributed by atoms with van der Waals surface area (Å²) in [7, 11) is 1.60. The van der Waals surface area contributed by atoms with Crippen molar-refractivity contribution < 1.29 is 23.8 Å². The van der Waals surface area contributed by atoms with E-state index < -0.39 is 17.2 Å². The number of fused-ring (bicyclic) bond motifs is 3. The summed E-state index contributed by atoms with van der Waals surface area (Å²) in [5.74, 6) is -0.546. The number of pyridine rings is 2. The van der Waals surface area contributed by atoms with Crippen LogP contribution in [0.1, 0.15) is 34.5 Å². The molecule has 1 unspecified atom stereocenters. The summed E-state index contributed by atoms with van der Waals surface area (Å²) in [4.78, 5) is 31.5. The van der Waals surface area contributed by atoms with E-state index in [0.29, 0.717) is 66.4 Å². The molecule has 2 N–H and O–H groups in total. The minimum absolute atomic E-state index is 0.137. The lowest BCUT2D eigenvalue weighted by molar-refractivity contribution is 0.0695. The number of piperazine rings is 1. The van der Waals surface area contributed by atoms with Crippen LogP contribution in [-0.2, 0) is 13.2 Å². The smallest absolute Gasteiger partial charge is 0.341 e. The maximum atomic E-state index is 15.6. The monoisotopic (exact) mass is 582 g/mol. The first kappa shape index (κ1) is 28.2. The molecule has 5 aromatic rings. The van der Waals surface area contributed by atoms with E-state index in [2.05, 4.69) is 10.3 Å². The van der Waals surface area contributed by atoms with Gasteiger partial charge in [-0.25, -0.2) is 9.18 Å². The number of aromatic carboxylic acids is 1. The number of hydrogen-bond acceptors (Lipinski definition) is 7. The van der Waals surface area contributed by atoms with Crippen LogP contribution in [0.15, 0.2) is 77.9 Å². The fourth-order valence-electron chi connectivity index (χ4n) is 5.67. The molecule has 0 spiro atoms. The second kappa shape index (κ2) is 11.7. The molecule has 3 aromatic carbocycles. The van der Waals surface area contributed by atoms with Crippen molar-refractivity contribution in [3.63, 3.8) is 0 Å². The SMILES string of the molecule is CCn1cc(C(=O)O)c(=O)c2c3cc(N4CCNC(c5ccc(OCc6ccccc6)c(OC)c5)C4)c(F)cc3ncc21. The van der Waals surface area contributed by atoms with Crippen molar-refractivity contribution in [2.45, 2.75) is 26.1 Å².